The third-order valence-electron chi connectivity index (χ3n) is 4.93. The molecule has 1 fully saturated rings. The first-order valence-electron chi connectivity index (χ1n) is 8.35. The largest absolute Gasteiger partial charge is 0.494 e. The minimum Gasteiger partial charge on any atom is -0.494 e. The molecule has 0 aromatic heterocycles. The minimum atomic E-state index is 0.0424. The van der Waals surface area contributed by atoms with Crippen LogP contribution in [0.4, 0.5) is 0 Å². The first-order chi connectivity index (χ1) is 10.1. The minimum absolute atomic E-state index is 0.0424. The molecule has 0 saturated carbocycles. The molecule has 1 aliphatic rings. The van der Waals surface area contributed by atoms with Crippen molar-refractivity contribution in [1.82, 2.24) is 4.90 Å². The van der Waals surface area contributed by atoms with E-state index in [9.17, 15) is 0 Å². The average molecular weight is 290 g/mol. The molecule has 2 unspecified atom stereocenters. The van der Waals surface area contributed by atoms with Crippen molar-refractivity contribution in [3.05, 3.63) is 29.8 Å². The molecular formula is C18H30N2O. The SMILES string of the molecule is CCCOc1ccc(C(N)C(C)(CC)N2CCCC2)cc1. The van der Waals surface area contributed by atoms with Crippen molar-refractivity contribution in [3.8, 4) is 5.75 Å². The molecule has 0 radical (unpaired) electrons. The molecule has 0 bridgehead atoms. The van der Waals surface area contributed by atoms with Crippen LogP contribution in [0.3, 0.4) is 0 Å². The number of ether oxygens (including phenoxy) is 1. The molecule has 1 aromatic rings. The molecule has 2 N–H and O–H groups in total. The van der Waals surface area contributed by atoms with Crippen LogP contribution in [-0.2, 0) is 0 Å². The van der Waals surface area contributed by atoms with Crippen LogP contribution in [0.25, 0.3) is 0 Å². The quantitative estimate of drug-likeness (QED) is 0.831. The highest BCUT2D eigenvalue weighted by Gasteiger charge is 2.38. The lowest BCUT2D eigenvalue weighted by molar-refractivity contribution is 0.1000. The molecule has 0 aliphatic carbocycles. The fourth-order valence-electron chi connectivity index (χ4n) is 3.22. The van der Waals surface area contributed by atoms with E-state index < -0.39 is 0 Å². The Morgan fingerprint density at radius 2 is 1.81 bits per heavy atom. The number of nitrogens with two attached hydrogens (primary N) is 1. The normalized spacial score (nSPS) is 20.2. The number of hydrogen-bond acceptors (Lipinski definition) is 3. The molecule has 1 aliphatic heterocycles. The van der Waals surface area contributed by atoms with Gasteiger partial charge in [0.25, 0.3) is 0 Å². The van der Waals surface area contributed by atoms with Gasteiger partial charge in [-0.15, -0.1) is 0 Å². The van der Waals surface area contributed by atoms with Gasteiger partial charge in [-0.1, -0.05) is 26.0 Å². The number of rotatable bonds is 7. The number of benzene rings is 1. The van der Waals surface area contributed by atoms with Crippen molar-refractivity contribution in [2.75, 3.05) is 19.7 Å². The zero-order valence-corrected chi connectivity index (χ0v) is 13.8. The molecule has 118 valence electrons. The molecule has 21 heavy (non-hydrogen) atoms. The maximum Gasteiger partial charge on any atom is 0.119 e. The van der Waals surface area contributed by atoms with Gasteiger partial charge in [0.05, 0.1) is 6.61 Å². The van der Waals surface area contributed by atoms with E-state index in [1.54, 1.807) is 0 Å². The summed E-state index contributed by atoms with van der Waals surface area (Å²) in [4.78, 5) is 2.57. The summed E-state index contributed by atoms with van der Waals surface area (Å²) >= 11 is 0. The fraction of sp³-hybridized carbons (Fsp3) is 0.667. The van der Waals surface area contributed by atoms with E-state index in [0.29, 0.717) is 0 Å². The van der Waals surface area contributed by atoms with Crippen LogP contribution >= 0.6 is 0 Å². The van der Waals surface area contributed by atoms with Crippen molar-refractivity contribution < 1.29 is 4.74 Å². The lowest BCUT2D eigenvalue weighted by atomic mass is 9.83. The zero-order valence-electron chi connectivity index (χ0n) is 13.8. The summed E-state index contributed by atoms with van der Waals surface area (Å²) in [7, 11) is 0. The first kappa shape index (κ1) is 16.3. The maximum atomic E-state index is 6.63. The van der Waals surface area contributed by atoms with Gasteiger partial charge < -0.3 is 10.5 Å². The predicted octanol–water partition coefficient (Wildman–Crippen LogP) is 3.74. The fourth-order valence-corrected chi connectivity index (χ4v) is 3.22. The van der Waals surface area contributed by atoms with Gasteiger partial charge in [0.1, 0.15) is 5.75 Å². The average Bonchev–Trinajstić information content (AvgIpc) is 3.07. The Morgan fingerprint density at radius 1 is 1.19 bits per heavy atom. The van der Waals surface area contributed by atoms with E-state index in [2.05, 4.69) is 37.8 Å². The lowest BCUT2D eigenvalue weighted by Crippen LogP contribution is -2.51. The summed E-state index contributed by atoms with van der Waals surface area (Å²) in [6, 6.07) is 8.38. The van der Waals surface area contributed by atoms with Gasteiger partial charge in [-0.25, -0.2) is 0 Å². The van der Waals surface area contributed by atoms with Gasteiger partial charge in [-0.05, 0) is 63.4 Å². The van der Waals surface area contributed by atoms with Crippen LogP contribution < -0.4 is 10.5 Å². The molecule has 0 amide bonds. The van der Waals surface area contributed by atoms with Crippen LogP contribution in [-0.4, -0.2) is 30.1 Å². The Kier molecular flexibility index (Phi) is 5.65. The molecule has 2 rings (SSSR count). The Hall–Kier alpha value is -1.06. The van der Waals surface area contributed by atoms with Gasteiger partial charge in [0.2, 0.25) is 0 Å². The molecule has 0 spiro atoms. The summed E-state index contributed by atoms with van der Waals surface area (Å²) in [5.41, 5.74) is 7.88. The summed E-state index contributed by atoms with van der Waals surface area (Å²) in [5, 5.41) is 0. The Bertz CT molecular complexity index is 425. The highest BCUT2D eigenvalue weighted by molar-refractivity contribution is 5.31. The topological polar surface area (TPSA) is 38.5 Å². The van der Waals surface area contributed by atoms with E-state index in [1.807, 2.05) is 12.1 Å². The maximum absolute atomic E-state index is 6.63. The second-order valence-electron chi connectivity index (χ2n) is 6.30. The van der Waals surface area contributed by atoms with E-state index in [-0.39, 0.29) is 11.6 Å². The van der Waals surface area contributed by atoms with Crippen LogP contribution in [0.5, 0.6) is 5.75 Å². The summed E-state index contributed by atoms with van der Waals surface area (Å²) in [5.74, 6) is 0.937. The van der Waals surface area contributed by atoms with Crippen molar-refractivity contribution in [2.24, 2.45) is 5.73 Å². The van der Waals surface area contributed by atoms with Crippen molar-refractivity contribution in [3.63, 3.8) is 0 Å². The monoisotopic (exact) mass is 290 g/mol. The van der Waals surface area contributed by atoms with Crippen LogP contribution in [0, 0.1) is 0 Å². The van der Waals surface area contributed by atoms with Crippen LogP contribution in [0.2, 0.25) is 0 Å². The molecule has 1 heterocycles. The second kappa shape index (κ2) is 7.28. The molecular weight excluding hydrogens is 260 g/mol. The number of likely N-dealkylation sites (tertiary alicyclic amines) is 1. The van der Waals surface area contributed by atoms with E-state index in [0.717, 1.165) is 25.2 Å². The number of hydrogen-bond donors (Lipinski definition) is 1. The van der Waals surface area contributed by atoms with Crippen LogP contribution in [0.15, 0.2) is 24.3 Å². The first-order valence-corrected chi connectivity index (χ1v) is 8.35. The van der Waals surface area contributed by atoms with Gasteiger partial charge in [0, 0.05) is 11.6 Å². The molecule has 2 atom stereocenters. The van der Waals surface area contributed by atoms with Crippen LogP contribution in [0.1, 0.15) is 58.1 Å². The molecule has 1 saturated heterocycles. The summed E-state index contributed by atoms with van der Waals surface area (Å²) in [6.45, 7) is 9.80. The Balaban J connectivity index is 2.11. The van der Waals surface area contributed by atoms with E-state index in [1.165, 1.54) is 31.5 Å². The number of nitrogens with zero attached hydrogens (tertiary/aromatic N) is 1. The standard InChI is InChI=1S/C18H30N2O/c1-4-14-21-16-10-8-15(9-11-16)17(19)18(3,5-2)20-12-6-7-13-20/h8-11,17H,4-7,12-14,19H2,1-3H3. The van der Waals surface area contributed by atoms with Gasteiger partial charge >= 0.3 is 0 Å². The molecule has 3 nitrogen and oxygen atoms in total. The predicted molar refractivity (Wildman–Crippen MR) is 88.7 cm³/mol. The highest BCUT2D eigenvalue weighted by Crippen LogP contribution is 2.35. The second-order valence-corrected chi connectivity index (χ2v) is 6.30. The third-order valence-corrected chi connectivity index (χ3v) is 4.93. The Labute approximate surface area is 129 Å². The van der Waals surface area contributed by atoms with Gasteiger partial charge in [0.15, 0.2) is 0 Å². The van der Waals surface area contributed by atoms with E-state index in [4.69, 9.17) is 10.5 Å². The smallest absolute Gasteiger partial charge is 0.119 e. The van der Waals surface area contributed by atoms with Gasteiger partial charge in [-0.3, -0.25) is 4.90 Å². The molecule has 3 heteroatoms. The van der Waals surface area contributed by atoms with Crippen molar-refractivity contribution in [2.45, 2.75) is 58.0 Å². The zero-order chi connectivity index (χ0) is 15.3. The lowest BCUT2D eigenvalue weighted by Gasteiger charge is -2.43. The molecule has 1 aromatic carbocycles. The summed E-state index contributed by atoms with van der Waals surface area (Å²) in [6.07, 6.45) is 4.70. The van der Waals surface area contributed by atoms with E-state index >= 15 is 0 Å². The highest BCUT2D eigenvalue weighted by atomic mass is 16.5. The third kappa shape index (κ3) is 3.58. The van der Waals surface area contributed by atoms with Gasteiger partial charge in [-0.2, -0.15) is 0 Å². The summed E-state index contributed by atoms with van der Waals surface area (Å²) < 4.78 is 5.65. The van der Waals surface area contributed by atoms with Crippen molar-refractivity contribution in [1.29, 1.82) is 0 Å². The van der Waals surface area contributed by atoms with Crippen molar-refractivity contribution >= 4 is 0 Å². The Morgan fingerprint density at radius 3 is 2.33 bits per heavy atom.